The molecular weight excluding hydrogens is 144 g/mol. The van der Waals surface area contributed by atoms with Gasteiger partial charge in [0.25, 0.3) is 5.91 Å². The summed E-state index contributed by atoms with van der Waals surface area (Å²) < 4.78 is 5.07. The summed E-state index contributed by atoms with van der Waals surface area (Å²) >= 11 is 0. The number of carbonyl (C=O) groups excluding carboxylic acids is 1. The monoisotopic (exact) mass is 152 g/mol. The van der Waals surface area contributed by atoms with E-state index in [0.29, 0.717) is 18.0 Å². The third-order valence-electron chi connectivity index (χ3n) is 1.83. The summed E-state index contributed by atoms with van der Waals surface area (Å²) in [6.45, 7) is 2.63. The molecule has 0 spiro atoms. The number of hydrogen-bond acceptors (Lipinski definition) is 3. The van der Waals surface area contributed by atoms with Gasteiger partial charge in [0, 0.05) is 12.5 Å². The average Bonchev–Trinajstić information content (AvgIpc) is 2.45. The van der Waals surface area contributed by atoms with Gasteiger partial charge in [-0.25, -0.2) is 4.98 Å². The minimum atomic E-state index is -0.133. The van der Waals surface area contributed by atoms with Gasteiger partial charge in [-0.1, -0.05) is 6.92 Å². The quantitative estimate of drug-likeness (QED) is 0.589. The molecule has 4 nitrogen and oxygen atoms in total. The Labute approximate surface area is 63.6 Å². The van der Waals surface area contributed by atoms with Crippen LogP contribution in [0.2, 0.25) is 0 Å². The van der Waals surface area contributed by atoms with Crippen LogP contribution >= 0.6 is 0 Å². The predicted molar refractivity (Wildman–Crippen MR) is 37.3 cm³/mol. The number of hydrogen-bond donors (Lipinski definition) is 1. The SMILES string of the molecule is CC1CNC(=O)c2ncoc21. The molecule has 2 rings (SSSR count). The highest BCUT2D eigenvalue weighted by molar-refractivity contribution is 5.94. The number of fused-ring (bicyclic) bond motifs is 1. The standard InChI is InChI=1S/C7H8N2O2/c1-4-2-8-7(10)5-6(4)11-3-9-5/h3-4H,2H2,1H3,(H,8,10). The molecular formula is C7H8N2O2. The topological polar surface area (TPSA) is 55.1 Å². The number of rotatable bonds is 0. The second kappa shape index (κ2) is 2.08. The Hall–Kier alpha value is -1.32. The van der Waals surface area contributed by atoms with Gasteiger partial charge in [-0.05, 0) is 0 Å². The first-order valence-corrected chi connectivity index (χ1v) is 3.50. The molecule has 0 fully saturated rings. The van der Waals surface area contributed by atoms with Crippen LogP contribution in [0.4, 0.5) is 0 Å². The van der Waals surface area contributed by atoms with Crippen molar-refractivity contribution in [2.75, 3.05) is 6.54 Å². The van der Waals surface area contributed by atoms with Gasteiger partial charge in [0.2, 0.25) is 0 Å². The molecule has 0 saturated carbocycles. The summed E-state index contributed by atoms with van der Waals surface area (Å²) in [5.41, 5.74) is 0.434. The maximum atomic E-state index is 11.1. The molecule has 0 aromatic carbocycles. The third-order valence-corrected chi connectivity index (χ3v) is 1.83. The van der Waals surface area contributed by atoms with Gasteiger partial charge >= 0.3 is 0 Å². The highest BCUT2D eigenvalue weighted by Gasteiger charge is 2.26. The second-order valence-electron chi connectivity index (χ2n) is 2.68. The largest absolute Gasteiger partial charge is 0.447 e. The van der Waals surface area contributed by atoms with Crippen molar-refractivity contribution in [1.82, 2.24) is 10.3 Å². The van der Waals surface area contributed by atoms with Crippen molar-refractivity contribution in [2.45, 2.75) is 12.8 Å². The van der Waals surface area contributed by atoms with E-state index in [-0.39, 0.29) is 11.8 Å². The van der Waals surface area contributed by atoms with Crippen molar-refractivity contribution < 1.29 is 9.21 Å². The number of nitrogens with zero attached hydrogens (tertiary/aromatic N) is 1. The van der Waals surface area contributed by atoms with Crippen LogP contribution in [0.3, 0.4) is 0 Å². The van der Waals surface area contributed by atoms with Crippen LogP contribution in [0.1, 0.15) is 29.1 Å². The summed E-state index contributed by atoms with van der Waals surface area (Å²) in [4.78, 5) is 14.9. The third kappa shape index (κ3) is 0.824. The second-order valence-corrected chi connectivity index (χ2v) is 2.68. The zero-order valence-electron chi connectivity index (χ0n) is 6.13. The Morgan fingerprint density at radius 3 is 3.36 bits per heavy atom. The Morgan fingerprint density at radius 1 is 1.82 bits per heavy atom. The molecule has 1 N–H and O–H groups in total. The highest BCUT2D eigenvalue weighted by atomic mass is 16.3. The summed E-state index contributed by atoms with van der Waals surface area (Å²) in [5.74, 6) is 0.811. The van der Waals surface area contributed by atoms with E-state index in [1.807, 2.05) is 6.92 Å². The Morgan fingerprint density at radius 2 is 2.64 bits per heavy atom. The maximum Gasteiger partial charge on any atom is 0.273 e. The number of oxazole rings is 1. The molecule has 1 aromatic rings. The van der Waals surface area contributed by atoms with Gasteiger partial charge < -0.3 is 9.73 Å². The van der Waals surface area contributed by atoms with E-state index in [4.69, 9.17) is 4.42 Å². The molecule has 1 aliphatic heterocycles. The fourth-order valence-corrected chi connectivity index (χ4v) is 1.20. The Kier molecular flexibility index (Phi) is 1.21. The number of carbonyl (C=O) groups is 1. The molecule has 58 valence electrons. The normalized spacial score (nSPS) is 22.6. The van der Waals surface area contributed by atoms with Crippen molar-refractivity contribution in [1.29, 1.82) is 0 Å². The highest BCUT2D eigenvalue weighted by Crippen LogP contribution is 2.21. The van der Waals surface area contributed by atoms with Crippen molar-refractivity contribution in [3.63, 3.8) is 0 Å². The van der Waals surface area contributed by atoms with Crippen LogP contribution in [-0.4, -0.2) is 17.4 Å². The van der Waals surface area contributed by atoms with E-state index < -0.39 is 0 Å². The molecule has 0 bridgehead atoms. The molecule has 2 heterocycles. The minimum Gasteiger partial charge on any atom is -0.447 e. The summed E-state index contributed by atoms with van der Waals surface area (Å²) in [6.07, 6.45) is 1.31. The van der Waals surface area contributed by atoms with Gasteiger partial charge in [0.15, 0.2) is 12.1 Å². The van der Waals surface area contributed by atoms with Crippen molar-refractivity contribution in [3.05, 3.63) is 17.8 Å². The summed E-state index contributed by atoms with van der Waals surface area (Å²) in [7, 11) is 0. The van der Waals surface area contributed by atoms with Gasteiger partial charge in [0.05, 0.1) is 0 Å². The minimum absolute atomic E-state index is 0.133. The van der Waals surface area contributed by atoms with E-state index in [1.165, 1.54) is 6.39 Å². The molecule has 1 atom stereocenters. The fourth-order valence-electron chi connectivity index (χ4n) is 1.20. The zero-order chi connectivity index (χ0) is 7.84. The zero-order valence-corrected chi connectivity index (χ0v) is 6.13. The molecule has 0 radical (unpaired) electrons. The first kappa shape index (κ1) is 6.39. The molecule has 1 aromatic heterocycles. The van der Waals surface area contributed by atoms with E-state index in [9.17, 15) is 4.79 Å². The molecule has 4 heteroatoms. The lowest BCUT2D eigenvalue weighted by atomic mass is 10.0. The molecule has 1 amide bonds. The van der Waals surface area contributed by atoms with E-state index in [0.717, 1.165) is 0 Å². The van der Waals surface area contributed by atoms with E-state index in [2.05, 4.69) is 10.3 Å². The van der Waals surface area contributed by atoms with E-state index >= 15 is 0 Å². The van der Waals surface area contributed by atoms with Crippen molar-refractivity contribution in [3.8, 4) is 0 Å². The lowest BCUT2D eigenvalue weighted by molar-refractivity contribution is 0.0932. The van der Waals surface area contributed by atoms with Gasteiger partial charge in [-0.3, -0.25) is 4.79 Å². The number of amides is 1. The average molecular weight is 152 g/mol. The van der Waals surface area contributed by atoms with Crippen LogP contribution in [-0.2, 0) is 0 Å². The summed E-state index contributed by atoms with van der Waals surface area (Å²) in [5, 5.41) is 2.71. The van der Waals surface area contributed by atoms with Gasteiger partial charge in [0.1, 0.15) is 5.76 Å². The lowest BCUT2D eigenvalue weighted by Crippen LogP contribution is -2.33. The summed E-state index contributed by atoms with van der Waals surface area (Å²) in [6, 6.07) is 0. The number of aromatic nitrogens is 1. The molecule has 1 aliphatic rings. The predicted octanol–water partition coefficient (Wildman–Crippen LogP) is 0.522. The number of nitrogens with one attached hydrogen (secondary N) is 1. The lowest BCUT2D eigenvalue weighted by Gasteiger charge is -2.15. The molecule has 11 heavy (non-hydrogen) atoms. The van der Waals surface area contributed by atoms with Crippen LogP contribution in [0.15, 0.2) is 10.8 Å². The van der Waals surface area contributed by atoms with Crippen molar-refractivity contribution in [2.24, 2.45) is 0 Å². The van der Waals surface area contributed by atoms with Crippen LogP contribution in [0, 0.1) is 0 Å². The van der Waals surface area contributed by atoms with Crippen LogP contribution in [0.25, 0.3) is 0 Å². The van der Waals surface area contributed by atoms with E-state index in [1.54, 1.807) is 0 Å². The van der Waals surface area contributed by atoms with Crippen molar-refractivity contribution >= 4 is 5.91 Å². The Balaban J connectivity index is 2.51. The molecule has 0 aliphatic carbocycles. The fraction of sp³-hybridized carbons (Fsp3) is 0.429. The van der Waals surface area contributed by atoms with Crippen LogP contribution < -0.4 is 5.32 Å². The smallest absolute Gasteiger partial charge is 0.273 e. The first-order valence-electron chi connectivity index (χ1n) is 3.50. The maximum absolute atomic E-state index is 11.1. The molecule has 0 saturated heterocycles. The Bertz CT molecular complexity index is 292. The first-order chi connectivity index (χ1) is 5.29. The van der Waals surface area contributed by atoms with Gasteiger partial charge in [-0.15, -0.1) is 0 Å². The molecule has 1 unspecified atom stereocenters. The van der Waals surface area contributed by atoms with Gasteiger partial charge in [-0.2, -0.15) is 0 Å². The van der Waals surface area contributed by atoms with Crippen LogP contribution in [0.5, 0.6) is 0 Å².